The second kappa shape index (κ2) is 4.17. The van der Waals surface area contributed by atoms with Gasteiger partial charge in [0.05, 0.1) is 6.04 Å². The quantitative estimate of drug-likeness (QED) is 0.757. The van der Waals surface area contributed by atoms with E-state index in [4.69, 9.17) is 5.73 Å². The van der Waals surface area contributed by atoms with Crippen molar-refractivity contribution in [2.24, 2.45) is 5.73 Å². The molecule has 0 saturated carbocycles. The summed E-state index contributed by atoms with van der Waals surface area (Å²) in [5, 5.41) is 2.58. The van der Waals surface area contributed by atoms with Crippen LogP contribution in [0.25, 0.3) is 0 Å². The van der Waals surface area contributed by atoms with Gasteiger partial charge < -0.3 is 11.1 Å². The SMILES string of the molecule is NC1CCC(=O)NC1c1cccc(F)c1F. The summed E-state index contributed by atoms with van der Waals surface area (Å²) in [5.41, 5.74) is 5.90. The average molecular weight is 226 g/mol. The number of hydrogen-bond acceptors (Lipinski definition) is 2. The Labute approximate surface area is 91.6 Å². The summed E-state index contributed by atoms with van der Waals surface area (Å²) in [7, 11) is 0. The summed E-state index contributed by atoms with van der Waals surface area (Å²) in [6.07, 6.45) is 0.807. The second-order valence-corrected chi connectivity index (χ2v) is 3.89. The van der Waals surface area contributed by atoms with Crippen LogP contribution in [0.15, 0.2) is 18.2 Å². The first-order valence-corrected chi connectivity index (χ1v) is 5.08. The number of nitrogens with two attached hydrogens (primary N) is 1. The molecule has 0 aliphatic carbocycles. The van der Waals surface area contributed by atoms with Gasteiger partial charge in [-0.3, -0.25) is 4.79 Å². The molecular formula is C11H12F2N2O. The van der Waals surface area contributed by atoms with Crippen molar-refractivity contribution in [1.82, 2.24) is 5.32 Å². The second-order valence-electron chi connectivity index (χ2n) is 3.89. The molecule has 2 rings (SSSR count). The van der Waals surface area contributed by atoms with Crippen LogP contribution in [0.4, 0.5) is 8.78 Å². The number of rotatable bonds is 1. The smallest absolute Gasteiger partial charge is 0.220 e. The number of carbonyl (C=O) groups excluding carboxylic acids is 1. The van der Waals surface area contributed by atoms with Crippen molar-refractivity contribution >= 4 is 5.91 Å². The van der Waals surface area contributed by atoms with Crippen LogP contribution in [0.5, 0.6) is 0 Å². The number of amides is 1. The van der Waals surface area contributed by atoms with E-state index in [1.165, 1.54) is 12.1 Å². The fourth-order valence-corrected chi connectivity index (χ4v) is 1.89. The first-order chi connectivity index (χ1) is 7.59. The van der Waals surface area contributed by atoms with Crippen molar-refractivity contribution in [3.63, 3.8) is 0 Å². The van der Waals surface area contributed by atoms with Gasteiger partial charge in [-0.2, -0.15) is 0 Å². The third kappa shape index (κ3) is 1.90. The Morgan fingerprint density at radius 2 is 2.12 bits per heavy atom. The lowest BCUT2D eigenvalue weighted by molar-refractivity contribution is -0.123. The molecule has 0 spiro atoms. The lowest BCUT2D eigenvalue weighted by Gasteiger charge is -2.30. The molecule has 2 unspecified atom stereocenters. The third-order valence-electron chi connectivity index (χ3n) is 2.77. The van der Waals surface area contributed by atoms with Crippen molar-refractivity contribution in [3.05, 3.63) is 35.4 Å². The maximum Gasteiger partial charge on any atom is 0.220 e. The van der Waals surface area contributed by atoms with E-state index in [2.05, 4.69) is 5.32 Å². The fraction of sp³-hybridized carbons (Fsp3) is 0.364. The topological polar surface area (TPSA) is 55.1 Å². The molecule has 0 bridgehead atoms. The van der Waals surface area contributed by atoms with Crippen molar-refractivity contribution in [1.29, 1.82) is 0 Å². The molecule has 1 amide bonds. The van der Waals surface area contributed by atoms with Crippen LogP contribution < -0.4 is 11.1 Å². The number of carbonyl (C=O) groups is 1. The lowest BCUT2D eigenvalue weighted by atomic mass is 9.92. The molecule has 3 N–H and O–H groups in total. The summed E-state index contributed by atoms with van der Waals surface area (Å²) in [6.45, 7) is 0. The number of nitrogens with one attached hydrogen (secondary N) is 1. The van der Waals surface area contributed by atoms with Crippen LogP contribution >= 0.6 is 0 Å². The standard InChI is InChI=1S/C11H12F2N2O/c12-7-3-1-2-6(10(7)13)11-8(14)4-5-9(16)15-11/h1-3,8,11H,4-5,14H2,(H,15,16). The van der Waals surface area contributed by atoms with Gasteiger partial charge in [0.25, 0.3) is 0 Å². The van der Waals surface area contributed by atoms with E-state index in [-0.39, 0.29) is 17.5 Å². The van der Waals surface area contributed by atoms with E-state index in [0.29, 0.717) is 12.8 Å². The first kappa shape index (κ1) is 11.0. The molecule has 1 aromatic rings. The molecule has 1 fully saturated rings. The number of halogens is 2. The highest BCUT2D eigenvalue weighted by Gasteiger charge is 2.29. The van der Waals surface area contributed by atoms with Gasteiger partial charge in [0.2, 0.25) is 5.91 Å². The van der Waals surface area contributed by atoms with Gasteiger partial charge in [0.1, 0.15) is 0 Å². The minimum absolute atomic E-state index is 0.112. The first-order valence-electron chi connectivity index (χ1n) is 5.08. The van der Waals surface area contributed by atoms with E-state index < -0.39 is 17.7 Å². The van der Waals surface area contributed by atoms with Crippen LogP contribution in [0.2, 0.25) is 0 Å². The summed E-state index contributed by atoms with van der Waals surface area (Å²) >= 11 is 0. The van der Waals surface area contributed by atoms with Crippen molar-refractivity contribution in [3.8, 4) is 0 Å². The Bertz CT molecular complexity index is 422. The van der Waals surface area contributed by atoms with Crippen LogP contribution in [-0.2, 0) is 4.79 Å². The minimum atomic E-state index is -0.940. The molecule has 16 heavy (non-hydrogen) atoms. The summed E-state index contributed by atoms with van der Waals surface area (Å²) in [5.74, 6) is -2.05. The Balaban J connectivity index is 2.35. The molecule has 1 aliphatic heterocycles. The molecule has 1 heterocycles. The fourth-order valence-electron chi connectivity index (χ4n) is 1.89. The summed E-state index contributed by atoms with van der Waals surface area (Å²) < 4.78 is 26.5. The van der Waals surface area contributed by atoms with Crippen molar-refractivity contribution < 1.29 is 13.6 Å². The maximum absolute atomic E-state index is 13.5. The maximum atomic E-state index is 13.5. The zero-order valence-electron chi connectivity index (χ0n) is 8.54. The Kier molecular flexibility index (Phi) is 2.87. The van der Waals surface area contributed by atoms with Gasteiger partial charge in [-0.05, 0) is 12.5 Å². The third-order valence-corrected chi connectivity index (χ3v) is 2.77. The predicted molar refractivity (Wildman–Crippen MR) is 54.5 cm³/mol. The van der Waals surface area contributed by atoms with E-state index >= 15 is 0 Å². The number of hydrogen-bond donors (Lipinski definition) is 2. The summed E-state index contributed by atoms with van der Waals surface area (Å²) in [4.78, 5) is 11.2. The predicted octanol–water partition coefficient (Wildman–Crippen LogP) is 1.24. The summed E-state index contributed by atoms with van der Waals surface area (Å²) in [6, 6.07) is 2.86. The Hall–Kier alpha value is -1.49. The highest BCUT2D eigenvalue weighted by molar-refractivity contribution is 5.77. The number of piperidine rings is 1. The zero-order chi connectivity index (χ0) is 11.7. The molecule has 1 aromatic carbocycles. The molecule has 0 radical (unpaired) electrons. The van der Waals surface area contributed by atoms with Gasteiger partial charge in [-0.15, -0.1) is 0 Å². The average Bonchev–Trinajstić information content (AvgIpc) is 2.26. The van der Waals surface area contributed by atoms with Gasteiger partial charge in [0.15, 0.2) is 11.6 Å². The molecule has 86 valence electrons. The normalized spacial score (nSPS) is 25.3. The molecule has 1 saturated heterocycles. The largest absolute Gasteiger partial charge is 0.348 e. The van der Waals surface area contributed by atoms with Gasteiger partial charge >= 0.3 is 0 Å². The molecular weight excluding hydrogens is 214 g/mol. The number of benzene rings is 1. The van der Waals surface area contributed by atoms with Crippen molar-refractivity contribution in [2.45, 2.75) is 24.9 Å². The van der Waals surface area contributed by atoms with E-state index in [9.17, 15) is 13.6 Å². The van der Waals surface area contributed by atoms with E-state index in [1.807, 2.05) is 0 Å². The Morgan fingerprint density at radius 1 is 1.38 bits per heavy atom. The minimum Gasteiger partial charge on any atom is -0.348 e. The highest BCUT2D eigenvalue weighted by atomic mass is 19.2. The molecule has 0 aromatic heterocycles. The molecule has 1 aliphatic rings. The highest BCUT2D eigenvalue weighted by Crippen LogP contribution is 2.25. The molecule has 2 atom stereocenters. The van der Waals surface area contributed by atoms with Crippen LogP contribution in [0, 0.1) is 11.6 Å². The molecule has 3 nitrogen and oxygen atoms in total. The van der Waals surface area contributed by atoms with Gasteiger partial charge in [0, 0.05) is 18.0 Å². The monoisotopic (exact) mass is 226 g/mol. The molecule has 5 heteroatoms. The van der Waals surface area contributed by atoms with Crippen LogP contribution in [-0.4, -0.2) is 11.9 Å². The van der Waals surface area contributed by atoms with Gasteiger partial charge in [-0.25, -0.2) is 8.78 Å². The Morgan fingerprint density at radius 3 is 2.88 bits per heavy atom. The van der Waals surface area contributed by atoms with Crippen LogP contribution in [0.3, 0.4) is 0 Å². The van der Waals surface area contributed by atoms with E-state index in [1.54, 1.807) is 0 Å². The zero-order valence-corrected chi connectivity index (χ0v) is 8.54. The van der Waals surface area contributed by atoms with Crippen molar-refractivity contribution in [2.75, 3.05) is 0 Å². The lowest BCUT2D eigenvalue weighted by Crippen LogP contribution is -2.46. The van der Waals surface area contributed by atoms with Crippen LogP contribution in [0.1, 0.15) is 24.4 Å². The van der Waals surface area contributed by atoms with Gasteiger partial charge in [-0.1, -0.05) is 12.1 Å². The van der Waals surface area contributed by atoms with E-state index in [0.717, 1.165) is 6.07 Å².